The van der Waals surface area contributed by atoms with E-state index in [4.69, 9.17) is 0 Å². The number of aryl methyl sites for hydroxylation is 1. The normalized spacial score (nSPS) is 20.7. The minimum atomic E-state index is -0.338. The number of aromatic nitrogens is 2. The second kappa shape index (κ2) is 4.44. The SMILES string of the molecule is O=c1ccn(CCC2CCCN2)c(=O)[nH]1. The van der Waals surface area contributed by atoms with E-state index in [0.29, 0.717) is 12.6 Å². The van der Waals surface area contributed by atoms with E-state index in [1.807, 2.05) is 0 Å². The summed E-state index contributed by atoms with van der Waals surface area (Å²) in [4.78, 5) is 24.4. The minimum absolute atomic E-state index is 0.319. The fourth-order valence-corrected chi connectivity index (χ4v) is 1.92. The van der Waals surface area contributed by atoms with Crippen LogP contribution < -0.4 is 16.6 Å². The highest BCUT2D eigenvalue weighted by Crippen LogP contribution is 2.08. The van der Waals surface area contributed by atoms with Gasteiger partial charge in [-0.25, -0.2) is 4.79 Å². The standard InChI is InChI=1S/C10H15N3O2/c14-9-4-7-13(10(15)12-9)6-3-8-2-1-5-11-8/h4,7-8,11H,1-3,5-6H2,(H,12,14,15). The van der Waals surface area contributed by atoms with E-state index in [1.165, 1.54) is 18.9 Å². The third kappa shape index (κ3) is 2.56. The molecule has 82 valence electrons. The fraction of sp³-hybridized carbons (Fsp3) is 0.600. The molecule has 0 aromatic carbocycles. The quantitative estimate of drug-likeness (QED) is 0.717. The molecule has 1 aliphatic rings. The number of aromatic amines is 1. The first-order chi connectivity index (χ1) is 7.25. The van der Waals surface area contributed by atoms with Crippen molar-refractivity contribution in [2.45, 2.75) is 31.8 Å². The van der Waals surface area contributed by atoms with Crippen LogP contribution in [0.5, 0.6) is 0 Å². The second-order valence-electron chi connectivity index (χ2n) is 3.89. The van der Waals surface area contributed by atoms with Gasteiger partial charge in [0, 0.05) is 24.8 Å². The Bertz CT molecular complexity index is 429. The Morgan fingerprint density at radius 1 is 1.47 bits per heavy atom. The number of rotatable bonds is 3. The number of nitrogens with one attached hydrogen (secondary N) is 2. The van der Waals surface area contributed by atoms with Crippen molar-refractivity contribution >= 4 is 0 Å². The zero-order valence-corrected chi connectivity index (χ0v) is 8.53. The van der Waals surface area contributed by atoms with Crippen LogP contribution >= 0.6 is 0 Å². The van der Waals surface area contributed by atoms with Crippen molar-refractivity contribution < 1.29 is 0 Å². The summed E-state index contributed by atoms with van der Waals surface area (Å²) in [5.74, 6) is 0. The van der Waals surface area contributed by atoms with E-state index < -0.39 is 0 Å². The molecule has 1 atom stereocenters. The van der Waals surface area contributed by atoms with Crippen LogP contribution in [-0.4, -0.2) is 22.1 Å². The lowest BCUT2D eigenvalue weighted by atomic mass is 10.1. The maximum Gasteiger partial charge on any atom is 0.328 e. The van der Waals surface area contributed by atoms with Gasteiger partial charge in [0.2, 0.25) is 0 Å². The molecule has 1 aliphatic heterocycles. The van der Waals surface area contributed by atoms with E-state index in [2.05, 4.69) is 10.3 Å². The van der Waals surface area contributed by atoms with Gasteiger partial charge < -0.3 is 9.88 Å². The fourth-order valence-electron chi connectivity index (χ4n) is 1.92. The van der Waals surface area contributed by atoms with Crippen LogP contribution in [0.15, 0.2) is 21.9 Å². The molecule has 1 saturated heterocycles. The van der Waals surface area contributed by atoms with Crippen LogP contribution in [0.25, 0.3) is 0 Å². The molecule has 0 radical (unpaired) electrons. The molecule has 0 bridgehead atoms. The summed E-state index contributed by atoms with van der Waals surface area (Å²) in [5.41, 5.74) is -0.657. The van der Waals surface area contributed by atoms with Gasteiger partial charge >= 0.3 is 5.69 Å². The number of H-pyrrole nitrogens is 1. The predicted octanol–water partition coefficient (Wildman–Crippen LogP) is -0.321. The summed E-state index contributed by atoms with van der Waals surface area (Å²) >= 11 is 0. The van der Waals surface area contributed by atoms with Gasteiger partial charge in [0.25, 0.3) is 5.56 Å². The number of hydrogen-bond donors (Lipinski definition) is 2. The zero-order chi connectivity index (χ0) is 10.7. The minimum Gasteiger partial charge on any atom is -0.314 e. The van der Waals surface area contributed by atoms with Gasteiger partial charge in [-0.05, 0) is 25.8 Å². The third-order valence-corrected chi connectivity index (χ3v) is 2.78. The topological polar surface area (TPSA) is 66.9 Å². The van der Waals surface area contributed by atoms with Crippen LogP contribution in [0.4, 0.5) is 0 Å². The Morgan fingerprint density at radius 2 is 2.33 bits per heavy atom. The van der Waals surface area contributed by atoms with E-state index in [0.717, 1.165) is 13.0 Å². The highest BCUT2D eigenvalue weighted by molar-refractivity contribution is 4.83. The Balaban J connectivity index is 1.98. The number of nitrogens with zero attached hydrogens (tertiary/aromatic N) is 1. The van der Waals surface area contributed by atoms with Gasteiger partial charge in [0.1, 0.15) is 0 Å². The summed E-state index contributed by atoms with van der Waals surface area (Å²) < 4.78 is 1.54. The third-order valence-electron chi connectivity index (χ3n) is 2.78. The van der Waals surface area contributed by atoms with E-state index in [9.17, 15) is 9.59 Å². The molecular weight excluding hydrogens is 194 g/mol. The van der Waals surface area contributed by atoms with Crippen molar-refractivity contribution in [1.29, 1.82) is 0 Å². The summed E-state index contributed by atoms with van der Waals surface area (Å²) in [7, 11) is 0. The van der Waals surface area contributed by atoms with E-state index in [-0.39, 0.29) is 11.2 Å². The smallest absolute Gasteiger partial charge is 0.314 e. The summed E-state index contributed by atoms with van der Waals surface area (Å²) in [6.07, 6.45) is 4.88. The van der Waals surface area contributed by atoms with Crippen LogP contribution in [0, 0.1) is 0 Å². The molecule has 5 heteroatoms. The van der Waals surface area contributed by atoms with Crippen LogP contribution in [0.1, 0.15) is 19.3 Å². The van der Waals surface area contributed by atoms with Gasteiger partial charge in [-0.2, -0.15) is 0 Å². The first-order valence-corrected chi connectivity index (χ1v) is 5.29. The maximum atomic E-state index is 11.3. The van der Waals surface area contributed by atoms with Crippen molar-refractivity contribution in [2.24, 2.45) is 0 Å². The van der Waals surface area contributed by atoms with Crippen molar-refractivity contribution in [3.8, 4) is 0 Å². The molecule has 2 N–H and O–H groups in total. The average molecular weight is 209 g/mol. The molecule has 5 nitrogen and oxygen atoms in total. The molecule has 0 saturated carbocycles. The highest BCUT2D eigenvalue weighted by atomic mass is 16.2. The predicted molar refractivity (Wildman–Crippen MR) is 57.0 cm³/mol. The Morgan fingerprint density at radius 3 is 3.00 bits per heavy atom. The van der Waals surface area contributed by atoms with Gasteiger partial charge in [-0.3, -0.25) is 9.78 Å². The summed E-state index contributed by atoms with van der Waals surface area (Å²) in [6, 6.07) is 1.90. The van der Waals surface area contributed by atoms with Gasteiger partial charge in [-0.15, -0.1) is 0 Å². The first-order valence-electron chi connectivity index (χ1n) is 5.29. The second-order valence-corrected chi connectivity index (χ2v) is 3.89. The van der Waals surface area contributed by atoms with Crippen LogP contribution in [-0.2, 0) is 6.54 Å². The van der Waals surface area contributed by atoms with Crippen LogP contribution in [0.3, 0.4) is 0 Å². The van der Waals surface area contributed by atoms with Gasteiger partial charge in [-0.1, -0.05) is 0 Å². The van der Waals surface area contributed by atoms with Crippen molar-refractivity contribution in [3.05, 3.63) is 33.1 Å². The summed E-state index contributed by atoms with van der Waals surface area (Å²) in [6.45, 7) is 1.73. The van der Waals surface area contributed by atoms with Crippen LogP contribution in [0.2, 0.25) is 0 Å². The van der Waals surface area contributed by atoms with Crippen molar-refractivity contribution in [2.75, 3.05) is 6.54 Å². The molecule has 2 heterocycles. The highest BCUT2D eigenvalue weighted by Gasteiger charge is 2.13. The van der Waals surface area contributed by atoms with E-state index in [1.54, 1.807) is 10.8 Å². The first kappa shape index (κ1) is 10.2. The molecule has 2 rings (SSSR count). The molecule has 15 heavy (non-hydrogen) atoms. The Labute approximate surface area is 87.1 Å². The molecule has 1 fully saturated rings. The zero-order valence-electron chi connectivity index (χ0n) is 8.53. The molecule has 1 aromatic rings. The Kier molecular flexibility index (Phi) is 3.01. The molecule has 0 spiro atoms. The Hall–Kier alpha value is -1.36. The lowest BCUT2D eigenvalue weighted by Gasteiger charge is -2.10. The molecule has 0 aliphatic carbocycles. The molecule has 0 amide bonds. The molecular formula is C10H15N3O2. The summed E-state index contributed by atoms with van der Waals surface area (Å²) in [5, 5.41) is 3.37. The van der Waals surface area contributed by atoms with E-state index >= 15 is 0 Å². The average Bonchev–Trinajstić information content (AvgIpc) is 2.69. The van der Waals surface area contributed by atoms with Crippen molar-refractivity contribution in [1.82, 2.24) is 14.9 Å². The van der Waals surface area contributed by atoms with Gasteiger partial charge in [0.15, 0.2) is 0 Å². The number of hydrogen-bond acceptors (Lipinski definition) is 3. The molecule has 1 aromatic heterocycles. The lowest BCUT2D eigenvalue weighted by molar-refractivity contribution is 0.493. The molecule has 1 unspecified atom stereocenters. The lowest BCUT2D eigenvalue weighted by Crippen LogP contribution is -2.31. The maximum absolute atomic E-state index is 11.3. The van der Waals surface area contributed by atoms with Gasteiger partial charge in [0.05, 0.1) is 0 Å². The van der Waals surface area contributed by atoms with Crippen molar-refractivity contribution in [3.63, 3.8) is 0 Å². The largest absolute Gasteiger partial charge is 0.328 e. The monoisotopic (exact) mass is 209 g/mol.